The van der Waals surface area contributed by atoms with Gasteiger partial charge in [0.15, 0.2) is 11.3 Å². The molecule has 0 aliphatic rings. The van der Waals surface area contributed by atoms with Gasteiger partial charge >= 0.3 is 0 Å². The van der Waals surface area contributed by atoms with Crippen LogP contribution in [0.4, 0.5) is 0 Å². The fraction of sp³-hybridized carbons (Fsp3) is 0.130. The summed E-state index contributed by atoms with van der Waals surface area (Å²) < 4.78 is 31.1. The number of aryl methyl sites for hydroxylation is 1. The number of hydrogen-bond acceptors (Lipinski definition) is 5. The van der Waals surface area contributed by atoms with Crippen molar-refractivity contribution in [3.8, 4) is 0 Å². The smallest absolute Gasteiger partial charge is 0.287 e. The molecule has 0 aliphatic carbocycles. The van der Waals surface area contributed by atoms with E-state index in [1.807, 2.05) is 19.1 Å². The molecule has 7 heteroatoms. The summed E-state index contributed by atoms with van der Waals surface area (Å²) in [7, 11) is -3.58. The summed E-state index contributed by atoms with van der Waals surface area (Å²) in [6, 6.07) is 16.8. The molecule has 152 valence electrons. The van der Waals surface area contributed by atoms with E-state index in [0.717, 1.165) is 22.9 Å². The molecule has 0 atom stereocenters. The summed E-state index contributed by atoms with van der Waals surface area (Å²) in [6.07, 6.45) is 4.04. The van der Waals surface area contributed by atoms with Gasteiger partial charge in [-0.3, -0.25) is 9.78 Å². The summed E-state index contributed by atoms with van der Waals surface area (Å²) in [5.74, 6) is -0.147. The van der Waals surface area contributed by atoms with Crippen LogP contribution >= 0.6 is 0 Å². The number of carbonyl (C=O) groups excluding carboxylic acids is 1. The van der Waals surface area contributed by atoms with Crippen LogP contribution < -0.4 is 5.32 Å². The van der Waals surface area contributed by atoms with Gasteiger partial charge in [0, 0.05) is 18.1 Å². The van der Waals surface area contributed by atoms with Crippen molar-refractivity contribution in [3.05, 3.63) is 89.9 Å². The third kappa shape index (κ3) is 3.97. The first-order chi connectivity index (χ1) is 14.5. The number of nitrogens with one attached hydrogen (secondary N) is 1. The van der Waals surface area contributed by atoms with Crippen LogP contribution in [0.15, 0.2) is 87.3 Å². The molecule has 0 bridgehead atoms. The van der Waals surface area contributed by atoms with Crippen LogP contribution in [0.3, 0.4) is 0 Å². The number of fused-ring (bicyclic) bond motifs is 1. The predicted octanol–water partition coefficient (Wildman–Crippen LogP) is 4.15. The summed E-state index contributed by atoms with van der Waals surface area (Å²) in [5, 5.41) is 3.58. The molecule has 0 saturated carbocycles. The molecule has 0 unspecified atom stereocenters. The SMILES string of the molecule is CCc1ccc(S(=O)(=O)c2ccc(CNC(=O)c3cc4ccncc4o3)cc2)cc1. The largest absolute Gasteiger partial charge is 0.449 e. The van der Waals surface area contributed by atoms with Crippen molar-refractivity contribution in [2.75, 3.05) is 0 Å². The highest BCUT2D eigenvalue weighted by atomic mass is 32.2. The second kappa shape index (κ2) is 8.12. The Bertz CT molecular complexity index is 1260. The van der Waals surface area contributed by atoms with E-state index in [0.29, 0.717) is 5.58 Å². The van der Waals surface area contributed by atoms with Crippen molar-refractivity contribution in [1.29, 1.82) is 0 Å². The maximum Gasteiger partial charge on any atom is 0.287 e. The zero-order valence-corrected chi connectivity index (χ0v) is 17.1. The van der Waals surface area contributed by atoms with E-state index in [9.17, 15) is 13.2 Å². The quantitative estimate of drug-likeness (QED) is 0.506. The molecular weight excluding hydrogens is 400 g/mol. The molecule has 2 aromatic carbocycles. The minimum atomic E-state index is -3.58. The number of carbonyl (C=O) groups is 1. The number of pyridine rings is 1. The second-order valence-corrected chi connectivity index (χ2v) is 8.80. The van der Waals surface area contributed by atoms with Crippen LogP contribution in [-0.2, 0) is 22.8 Å². The molecule has 4 rings (SSSR count). The molecule has 0 fully saturated rings. The lowest BCUT2D eigenvalue weighted by Crippen LogP contribution is -2.22. The third-order valence-electron chi connectivity index (χ3n) is 4.88. The number of aromatic nitrogens is 1. The zero-order valence-electron chi connectivity index (χ0n) is 16.3. The van der Waals surface area contributed by atoms with Gasteiger partial charge in [0.05, 0.1) is 16.0 Å². The van der Waals surface area contributed by atoms with E-state index >= 15 is 0 Å². The molecule has 6 nitrogen and oxygen atoms in total. The van der Waals surface area contributed by atoms with Crippen molar-refractivity contribution in [2.45, 2.75) is 29.7 Å². The fourth-order valence-electron chi connectivity index (χ4n) is 3.09. The molecule has 0 saturated heterocycles. The van der Waals surface area contributed by atoms with Gasteiger partial charge in [-0.15, -0.1) is 0 Å². The number of amides is 1. The van der Waals surface area contributed by atoms with E-state index < -0.39 is 9.84 Å². The van der Waals surface area contributed by atoms with Crippen molar-refractivity contribution in [3.63, 3.8) is 0 Å². The Labute approximate surface area is 174 Å². The molecule has 0 spiro atoms. The topological polar surface area (TPSA) is 89.3 Å². The molecule has 1 N–H and O–H groups in total. The van der Waals surface area contributed by atoms with E-state index in [1.54, 1.807) is 60.9 Å². The van der Waals surface area contributed by atoms with Crippen molar-refractivity contribution < 1.29 is 17.6 Å². The van der Waals surface area contributed by atoms with Crippen molar-refractivity contribution in [2.24, 2.45) is 0 Å². The Morgan fingerprint density at radius 2 is 1.60 bits per heavy atom. The maximum atomic E-state index is 12.8. The molecule has 0 radical (unpaired) electrons. The van der Waals surface area contributed by atoms with Gasteiger partial charge in [-0.1, -0.05) is 31.2 Å². The van der Waals surface area contributed by atoms with Gasteiger partial charge in [-0.05, 0) is 53.9 Å². The second-order valence-electron chi connectivity index (χ2n) is 6.85. The summed E-state index contributed by atoms with van der Waals surface area (Å²) >= 11 is 0. The third-order valence-corrected chi connectivity index (χ3v) is 6.66. The summed E-state index contributed by atoms with van der Waals surface area (Å²) in [6.45, 7) is 2.27. The van der Waals surface area contributed by atoms with Gasteiger partial charge in [0.1, 0.15) is 0 Å². The molecule has 4 aromatic rings. The molecule has 2 aromatic heterocycles. The number of nitrogens with zero attached hydrogens (tertiary/aromatic N) is 1. The molecule has 1 amide bonds. The van der Waals surface area contributed by atoms with Crippen LogP contribution in [0.25, 0.3) is 11.0 Å². The van der Waals surface area contributed by atoms with Gasteiger partial charge < -0.3 is 9.73 Å². The number of furan rings is 1. The molecule has 30 heavy (non-hydrogen) atoms. The highest BCUT2D eigenvalue weighted by Crippen LogP contribution is 2.22. The van der Waals surface area contributed by atoms with E-state index in [1.165, 1.54) is 0 Å². The highest BCUT2D eigenvalue weighted by Gasteiger charge is 2.17. The molecule has 2 heterocycles. The van der Waals surface area contributed by atoms with Crippen LogP contribution in [-0.4, -0.2) is 19.3 Å². The lowest BCUT2D eigenvalue weighted by atomic mass is 10.2. The summed E-state index contributed by atoms with van der Waals surface area (Å²) in [5.41, 5.74) is 2.41. The van der Waals surface area contributed by atoms with Crippen LogP contribution in [0.5, 0.6) is 0 Å². The van der Waals surface area contributed by atoms with E-state index in [-0.39, 0.29) is 28.0 Å². The average Bonchev–Trinajstić information content (AvgIpc) is 3.22. The predicted molar refractivity (Wildman–Crippen MR) is 113 cm³/mol. The lowest BCUT2D eigenvalue weighted by Gasteiger charge is -2.08. The number of hydrogen-bond donors (Lipinski definition) is 1. The minimum Gasteiger partial charge on any atom is -0.449 e. The Kier molecular flexibility index (Phi) is 5.37. The number of sulfone groups is 1. The number of benzene rings is 2. The van der Waals surface area contributed by atoms with Crippen molar-refractivity contribution >= 4 is 26.7 Å². The lowest BCUT2D eigenvalue weighted by molar-refractivity contribution is 0.0925. The average molecular weight is 420 g/mol. The first-order valence-corrected chi connectivity index (χ1v) is 11.0. The standard InChI is InChI=1S/C23H20N2O4S/c1-2-16-3-7-19(8-4-16)30(27,28)20-9-5-17(6-10-20)14-25-23(26)21-13-18-11-12-24-15-22(18)29-21/h3-13,15H,2,14H2,1H3,(H,25,26). The first-order valence-electron chi connectivity index (χ1n) is 9.52. The highest BCUT2D eigenvalue weighted by molar-refractivity contribution is 7.91. The van der Waals surface area contributed by atoms with Gasteiger partial charge in [0.2, 0.25) is 9.84 Å². The first kappa shape index (κ1) is 19.8. The van der Waals surface area contributed by atoms with Crippen LogP contribution in [0.2, 0.25) is 0 Å². The zero-order chi connectivity index (χ0) is 21.1. The number of rotatable bonds is 6. The minimum absolute atomic E-state index is 0.202. The Morgan fingerprint density at radius 1 is 0.967 bits per heavy atom. The maximum absolute atomic E-state index is 12.8. The van der Waals surface area contributed by atoms with Gasteiger partial charge in [0.25, 0.3) is 5.91 Å². The fourth-order valence-corrected chi connectivity index (χ4v) is 4.35. The van der Waals surface area contributed by atoms with E-state index in [4.69, 9.17) is 4.42 Å². The Balaban J connectivity index is 1.44. The normalized spacial score (nSPS) is 11.5. The van der Waals surface area contributed by atoms with Gasteiger partial charge in [-0.25, -0.2) is 8.42 Å². The summed E-state index contributed by atoms with van der Waals surface area (Å²) in [4.78, 5) is 16.8. The van der Waals surface area contributed by atoms with Gasteiger partial charge in [-0.2, -0.15) is 0 Å². The molecular formula is C23H20N2O4S. The molecule has 0 aliphatic heterocycles. The Hall–Kier alpha value is -3.45. The van der Waals surface area contributed by atoms with Crippen LogP contribution in [0.1, 0.15) is 28.6 Å². The monoisotopic (exact) mass is 420 g/mol. The van der Waals surface area contributed by atoms with Crippen LogP contribution in [0, 0.1) is 0 Å². The van der Waals surface area contributed by atoms with Crippen molar-refractivity contribution in [1.82, 2.24) is 10.3 Å². The Morgan fingerprint density at radius 3 is 2.20 bits per heavy atom. The van der Waals surface area contributed by atoms with E-state index in [2.05, 4.69) is 10.3 Å².